The van der Waals surface area contributed by atoms with Gasteiger partial charge in [-0.2, -0.15) is 0 Å². The summed E-state index contributed by atoms with van der Waals surface area (Å²) < 4.78 is 0. The summed E-state index contributed by atoms with van der Waals surface area (Å²) in [4.78, 5) is 85.6. The van der Waals surface area contributed by atoms with Gasteiger partial charge in [0.2, 0.25) is 29.5 Å². The van der Waals surface area contributed by atoms with Crippen LogP contribution >= 0.6 is 0 Å². The average Bonchev–Trinajstić information content (AvgIpc) is 3.71. The van der Waals surface area contributed by atoms with Gasteiger partial charge in [0.05, 0.1) is 0 Å². The Labute approximate surface area is 361 Å². The van der Waals surface area contributed by atoms with E-state index in [2.05, 4.69) is 31.6 Å². The van der Waals surface area contributed by atoms with Crippen molar-refractivity contribution in [2.24, 2.45) is 17.4 Å². The predicted molar refractivity (Wildman–Crippen MR) is 238 cm³/mol. The number of rotatable bonds is 21. The SMILES string of the molecule is NCCCC[C@H](NC(=O)[C@H](Cc1ccccc1)NC(=O)[C@@H](Cc1c[nH]c2ccccc12)NC(=O)[C@@H](Cc1ccc(C(=O)c2ccccc2)cc1)NC(=O)C1CCNCC1)C(N)=O. The minimum Gasteiger partial charge on any atom is -0.368 e. The summed E-state index contributed by atoms with van der Waals surface area (Å²) in [5.41, 5.74) is 15.4. The number of benzene rings is 4. The summed E-state index contributed by atoms with van der Waals surface area (Å²) in [5.74, 6) is -3.29. The molecule has 0 radical (unpaired) electrons. The molecule has 5 aromatic rings. The van der Waals surface area contributed by atoms with Crippen LogP contribution < -0.4 is 38.1 Å². The number of hydrogen-bond acceptors (Lipinski definition) is 8. The summed E-state index contributed by atoms with van der Waals surface area (Å²) in [6, 6.07) is 28.1. The van der Waals surface area contributed by atoms with Gasteiger partial charge in [-0.05, 0) is 74.5 Å². The third-order valence-electron chi connectivity index (χ3n) is 11.3. The predicted octanol–water partition coefficient (Wildman–Crippen LogP) is 2.98. The number of primary amides is 1. The normalized spacial score (nSPS) is 14.8. The lowest BCUT2D eigenvalue weighted by Crippen LogP contribution is -2.59. The van der Waals surface area contributed by atoms with Crippen LogP contribution in [0.3, 0.4) is 0 Å². The fourth-order valence-corrected chi connectivity index (χ4v) is 7.75. The van der Waals surface area contributed by atoms with Gasteiger partial charge in [-0.15, -0.1) is 0 Å². The molecule has 14 heteroatoms. The number of piperidine rings is 1. The molecule has 5 amide bonds. The van der Waals surface area contributed by atoms with Crippen molar-refractivity contribution in [3.05, 3.63) is 143 Å². The van der Waals surface area contributed by atoms with Crippen molar-refractivity contribution in [2.45, 2.75) is 75.5 Å². The van der Waals surface area contributed by atoms with Crippen molar-refractivity contribution in [3.8, 4) is 0 Å². The van der Waals surface area contributed by atoms with Gasteiger partial charge in [0.1, 0.15) is 24.2 Å². The van der Waals surface area contributed by atoms with E-state index in [1.165, 1.54) is 0 Å². The second-order valence-electron chi connectivity index (χ2n) is 15.8. The van der Waals surface area contributed by atoms with Gasteiger partial charge in [0.15, 0.2) is 5.78 Å². The largest absolute Gasteiger partial charge is 0.368 e. The van der Waals surface area contributed by atoms with Gasteiger partial charge in [-0.1, -0.05) is 103 Å². The van der Waals surface area contributed by atoms with E-state index in [9.17, 15) is 28.8 Å². The van der Waals surface area contributed by atoms with E-state index in [1.807, 2.05) is 60.7 Å². The second-order valence-corrected chi connectivity index (χ2v) is 15.8. The second kappa shape index (κ2) is 22.3. The topological polar surface area (TPSA) is 230 Å². The first kappa shape index (κ1) is 44.9. The van der Waals surface area contributed by atoms with Crippen LogP contribution in [0, 0.1) is 5.92 Å². The maximum atomic E-state index is 14.6. The molecule has 0 bridgehead atoms. The Morgan fingerprint density at radius 3 is 1.76 bits per heavy atom. The number of nitrogens with two attached hydrogens (primary N) is 2. The van der Waals surface area contributed by atoms with Crippen LogP contribution in [0.4, 0.5) is 0 Å². The van der Waals surface area contributed by atoms with Crippen molar-refractivity contribution in [3.63, 3.8) is 0 Å². The van der Waals surface area contributed by atoms with Gasteiger partial charge < -0.3 is 43.0 Å². The highest BCUT2D eigenvalue weighted by Gasteiger charge is 2.33. The first-order valence-corrected chi connectivity index (χ1v) is 21.3. The number of unbranched alkanes of at least 4 members (excludes halogenated alkanes) is 1. The zero-order chi connectivity index (χ0) is 43.8. The number of H-pyrrole nitrogens is 1. The Morgan fingerprint density at radius 2 is 1.13 bits per heavy atom. The summed E-state index contributed by atoms with van der Waals surface area (Å²) in [6.45, 7) is 1.76. The number of amides is 5. The molecular formula is C48H56N8O6. The third-order valence-corrected chi connectivity index (χ3v) is 11.3. The number of fused-ring (bicyclic) bond motifs is 1. The minimum absolute atomic E-state index is 0.0372. The molecule has 4 atom stereocenters. The number of para-hydroxylation sites is 1. The summed E-state index contributed by atoms with van der Waals surface area (Å²) in [5, 5.41) is 15.6. The Morgan fingerprint density at radius 1 is 0.597 bits per heavy atom. The third kappa shape index (κ3) is 12.5. The molecule has 4 aromatic carbocycles. The number of nitrogens with one attached hydrogen (secondary N) is 6. The van der Waals surface area contributed by atoms with Crippen LogP contribution in [0.2, 0.25) is 0 Å². The number of carbonyl (C=O) groups excluding carboxylic acids is 6. The van der Waals surface area contributed by atoms with Crippen LogP contribution in [0.25, 0.3) is 10.9 Å². The van der Waals surface area contributed by atoms with Gasteiger partial charge in [0, 0.05) is 53.4 Å². The molecule has 0 saturated carbocycles. The van der Waals surface area contributed by atoms with Crippen molar-refractivity contribution >= 4 is 46.2 Å². The molecule has 0 aliphatic carbocycles. The standard InChI is InChI=1S/C48H56N8O6/c49-24-10-9-17-39(44(50)58)53-46(60)41(27-31-11-3-1-4-12-31)55-48(62)42(29-36-30-52-38-16-8-7-15-37(36)38)56-47(61)40(54-45(59)35-22-25-51-26-23-35)28-32-18-20-34(21-19-32)43(57)33-13-5-2-6-14-33/h1-8,11-16,18-21,30,35,39-42,51-52H,9-10,17,22-29,49H2,(H2,50,58)(H,53,60)(H,54,59)(H,55,62)(H,56,61)/t39-,40+,41-,42+/m0/s1. The maximum absolute atomic E-state index is 14.6. The van der Waals surface area contributed by atoms with Crippen molar-refractivity contribution in [1.29, 1.82) is 0 Å². The molecule has 324 valence electrons. The maximum Gasteiger partial charge on any atom is 0.243 e. The molecule has 1 aliphatic rings. The highest BCUT2D eigenvalue weighted by Crippen LogP contribution is 2.21. The fourth-order valence-electron chi connectivity index (χ4n) is 7.75. The molecule has 14 nitrogen and oxygen atoms in total. The highest BCUT2D eigenvalue weighted by atomic mass is 16.2. The van der Waals surface area contributed by atoms with E-state index < -0.39 is 47.8 Å². The highest BCUT2D eigenvalue weighted by molar-refractivity contribution is 6.09. The smallest absolute Gasteiger partial charge is 0.243 e. The molecule has 1 aliphatic heterocycles. The van der Waals surface area contributed by atoms with Crippen LogP contribution in [-0.4, -0.2) is 84.1 Å². The quantitative estimate of drug-likeness (QED) is 0.0404. The molecule has 1 aromatic heterocycles. The van der Waals surface area contributed by atoms with Crippen LogP contribution in [0.5, 0.6) is 0 Å². The van der Waals surface area contributed by atoms with Gasteiger partial charge >= 0.3 is 0 Å². The monoisotopic (exact) mass is 840 g/mol. The fraction of sp³-hybridized carbons (Fsp3) is 0.333. The minimum atomic E-state index is -1.21. The molecule has 1 fully saturated rings. The molecule has 62 heavy (non-hydrogen) atoms. The lowest BCUT2D eigenvalue weighted by atomic mass is 9.95. The molecule has 2 heterocycles. The van der Waals surface area contributed by atoms with E-state index in [-0.39, 0.29) is 43.3 Å². The lowest BCUT2D eigenvalue weighted by molar-refractivity contribution is -0.135. The number of ketones is 1. The Bertz CT molecular complexity index is 2290. The van der Waals surface area contributed by atoms with Crippen LogP contribution in [-0.2, 0) is 43.2 Å². The van der Waals surface area contributed by atoms with E-state index in [4.69, 9.17) is 11.5 Å². The number of hydrogen-bond donors (Lipinski definition) is 8. The first-order valence-electron chi connectivity index (χ1n) is 21.3. The average molecular weight is 841 g/mol. The Hall–Kier alpha value is -6.64. The van der Waals surface area contributed by atoms with Gasteiger partial charge in [-0.25, -0.2) is 0 Å². The molecule has 6 rings (SSSR count). The van der Waals surface area contributed by atoms with E-state index >= 15 is 0 Å². The van der Waals surface area contributed by atoms with E-state index in [1.54, 1.807) is 54.7 Å². The Balaban J connectivity index is 1.28. The van der Waals surface area contributed by atoms with Gasteiger partial charge in [-0.3, -0.25) is 28.8 Å². The van der Waals surface area contributed by atoms with Gasteiger partial charge in [0.25, 0.3) is 0 Å². The van der Waals surface area contributed by atoms with E-state index in [0.29, 0.717) is 62.0 Å². The van der Waals surface area contributed by atoms with E-state index in [0.717, 1.165) is 22.0 Å². The summed E-state index contributed by atoms with van der Waals surface area (Å²) in [7, 11) is 0. The van der Waals surface area contributed by atoms with Crippen molar-refractivity contribution < 1.29 is 28.8 Å². The van der Waals surface area contributed by atoms with Crippen molar-refractivity contribution in [1.82, 2.24) is 31.6 Å². The number of aromatic nitrogens is 1. The summed E-state index contributed by atoms with van der Waals surface area (Å²) in [6.07, 6.45) is 4.66. The van der Waals surface area contributed by atoms with Crippen molar-refractivity contribution in [2.75, 3.05) is 19.6 Å². The first-order chi connectivity index (χ1) is 30.1. The number of aromatic amines is 1. The number of carbonyl (C=O) groups is 6. The molecule has 1 saturated heterocycles. The molecule has 10 N–H and O–H groups in total. The molecule has 0 unspecified atom stereocenters. The summed E-state index contributed by atoms with van der Waals surface area (Å²) >= 11 is 0. The zero-order valence-electron chi connectivity index (χ0n) is 34.7. The molecule has 0 spiro atoms. The van der Waals surface area contributed by atoms with Crippen LogP contribution in [0.15, 0.2) is 115 Å². The molecular weight excluding hydrogens is 785 g/mol. The Kier molecular flexibility index (Phi) is 16.1. The van der Waals surface area contributed by atoms with Crippen LogP contribution in [0.1, 0.15) is 64.7 Å². The lowest BCUT2D eigenvalue weighted by Gasteiger charge is -2.28. The zero-order valence-corrected chi connectivity index (χ0v) is 34.7.